The van der Waals surface area contributed by atoms with Crippen molar-refractivity contribution in [2.75, 3.05) is 26.2 Å². The molecule has 2 aliphatic rings. The van der Waals surface area contributed by atoms with Crippen molar-refractivity contribution in [1.29, 1.82) is 0 Å². The van der Waals surface area contributed by atoms with Crippen LogP contribution in [0, 0.1) is 0 Å². The van der Waals surface area contributed by atoms with Crippen molar-refractivity contribution in [3.63, 3.8) is 0 Å². The van der Waals surface area contributed by atoms with Gasteiger partial charge in [-0.25, -0.2) is 0 Å². The molecule has 90 valence electrons. The van der Waals surface area contributed by atoms with E-state index in [4.69, 9.17) is 0 Å². The number of dihydropyridines is 1. The molecule has 0 spiro atoms. The second kappa shape index (κ2) is 4.47. The molecule has 0 saturated carbocycles. The first-order valence-electron chi connectivity index (χ1n) is 5.24. The number of nitrogens with zero attached hydrogens (tertiary/aromatic N) is 1. The first kappa shape index (κ1) is 11.5. The van der Waals surface area contributed by atoms with E-state index in [0.29, 0.717) is 13.1 Å². The maximum absolute atomic E-state index is 12.8. The average molecular weight is 233 g/mol. The molecule has 2 N–H and O–H groups in total. The van der Waals surface area contributed by atoms with Gasteiger partial charge in [0, 0.05) is 26.2 Å². The minimum atomic E-state index is -4.27. The molecular formula is C10H14F3N3. The molecule has 3 nitrogen and oxygen atoms in total. The van der Waals surface area contributed by atoms with Crippen molar-refractivity contribution < 1.29 is 13.2 Å². The zero-order chi connectivity index (χ0) is 11.6. The minimum absolute atomic E-state index is 0.517. The normalized spacial score (nSPS) is 27.4. The lowest BCUT2D eigenvalue weighted by atomic mass is 10.1. The molecule has 16 heavy (non-hydrogen) atoms. The topological polar surface area (TPSA) is 27.3 Å². The second-order valence-electron chi connectivity index (χ2n) is 3.83. The van der Waals surface area contributed by atoms with Gasteiger partial charge in [-0.05, 0) is 18.4 Å². The molecule has 0 radical (unpaired) electrons. The molecule has 2 heterocycles. The summed E-state index contributed by atoms with van der Waals surface area (Å²) in [7, 11) is 0. The average Bonchev–Trinajstić information content (AvgIpc) is 2.29. The number of alkyl halides is 3. The van der Waals surface area contributed by atoms with Crippen molar-refractivity contribution in [1.82, 2.24) is 15.5 Å². The van der Waals surface area contributed by atoms with E-state index in [1.54, 1.807) is 11.1 Å². The molecule has 6 heteroatoms. The van der Waals surface area contributed by atoms with Gasteiger partial charge in [0.05, 0.1) is 5.57 Å². The Morgan fingerprint density at radius 3 is 2.56 bits per heavy atom. The van der Waals surface area contributed by atoms with Crippen LogP contribution in [-0.2, 0) is 0 Å². The van der Waals surface area contributed by atoms with Gasteiger partial charge in [-0.1, -0.05) is 0 Å². The molecule has 0 aromatic heterocycles. The fourth-order valence-corrected chi connectivity index (χ4v) is 1.97. The summed E-state index contributed by atoms with van der Waals surface area (Å²) >= 11 is 0. The van der Waals surface area contributed by atoms with E-state index in [-0.39, 0.29) is 0 Å². The molecule has 0 aromatic carbocycles. The summed E-state index contributed by atoms with van der Waals surface area (Å²) in [6.07, 6.45) is -0.924. The van der Waals surface area contributed by atoms with Crippen LogP contribution in [0.25, 0.3) is 0 Å². The fourth-order valence-electron chi connectivity index (χ4n) is 1.97. The number of hydrogen-bond acceptors (Lipinski definition) is 3. The Labute approximate surface area is 92.0 Å². The zero-order valence-corrected chi connectivity index (χ0v) is 8.72. The quantitative estimate of drug-likeness (QED) is 0.702. The lowest BCUT2D eigenvalue weighted by Crippen LogP contribution is -2.55. The Hall–Kier alpha value is -1.01. The molecule has 0 aliphatic carbocycles. The third-order valence-electron chi connectivity index (χ3n) is 2.76. The largest absolute Gasteiger partial charge is 0.415 e. The Balaban J connectivity index is 2.13. The molecule has 1 unspecified atom stereocenters. The third-order valence-corrected chi connectivity index (χ3v) is 2.76. The molecule has 0 amide bonds. The molecular weight excluding hydrogens is 219 g/mol. The molecule has 2 rings (SSSR count). The monoisotopic (exact) mass is 233 g/mol. The van der Waals surface area contributed by atoms with Crippen LogP contribution in [0.2, 0.25) is 0 Å². The van der Waals surface area contributed by atoms with Crippen molar-refractivity contribution in [3.05, 3.63) is 23.9 Å². The first-order chi connectivity index (χ1) is 7.59. The summed E-state index contributed by atoms with van der Waals surface area (Å²) in [6, 6.07) is 0. The van der Waals surface area contributed by atoms with Crippen LogP contribution in [0.5, 0.6) is 0 Å². The van der Waals surface area contributed by atoms with Crippen molar-refractivity contribution >= 4 is 0 Å². The summed E-state index contributed by atoms with van der Waals surface area (Å²) in [5.74, 6) is 0. The van der Waals surface area contributed by atoms with Gasteiger partial charge in [-0.3, -0.25) is 4.90 Å². The minimum Gasteiger partial charge on any atom is -0.372 e. The number of allylic oxidation sites excluding steroid dienone is 2. The predicted octanol–water partition coefficient (Wildman–Crippen LogP) is 0.823. The fraction of sp³-hybridized carbons (Fsp3) is 0.600. The van der Waals surface area contributed by atoms with Gasteiger partial charge in [-0.15, -0.1) is 0 Å². The van der Waals surface area contributed by atoms with E-state index in [0.717, 1.165) is 19.2 Å². The van der Waals surface area contributed by atoms with Gasteiger partial charge < -0.3 is 10.6 Å². The number of halogens is 3. The zero-order valence-electron chi connectivity index (χ0n) is 8.72. The Morgan fingerprint density at radius 1 is 1.25 bits per heavy atom. The summed E-state index contributed by atoms with van der Waals surface area (Å²) in [5, 5.41) is 5.89. The van der Waals surface area contributed by atoms with Crippen molar-refractivity contribution in [3.8, 4) is 0 Å². The van der Waals surface area contributed by atoms with Crippen molar-refractivity contribution in [2.45, 2.75) is 12.3 Å². The smallest absolute Gasteiger partial charge is 0.372 e. The van der Waals surface area contributed by atoms with E-state index in [2.05, 4.69) is 10.6 Å². The number of hydrogen-bond donors (Lipinski definition) is 2. The SMILES string of the molecule is FC(F)(F)C1=CC=CNC1N1CCNCC1. The highest BCUT2D eigenvalue weighted by molar-refractivity contribution is 5.26. The molecule has 1 atom stereocenters. The summed E-state index contributed by atoms with van der Waals surface area (Å²) in [5.41, 5.74) is -0.517. The maximum Gasteiger partial charge on any atom is 0.415 e. The van der Waals surface area contributed by atoms with Gasteiger partial charge in [0.25, 0.3) is 0 Å². The Morgan fingerprint density at radius 2 is 1.94 bits per heavy atom. The highest BCUT2D eigenvalue weighted by atomic mass is 19.4. The molecule has 0 aromatic rings. The van der Waals surface area contributed by atoms with Gasteiger partial charge in [0.1, 0.15) is 6.17 Å². The van der Waals surface area contributed by atoms with Gasteiger partial charge in [0.15, 0.2) is 0 Å². The summed E-state index contributed by atoms with van der Waals surface area (Å²) in [4.78, 5) is 1.80. The number of rotatable bonds is 1. The second-order valence-corrected chi connectivity index (χ2v) is 3.83. The lowest BCUT2D eigenvalue weighted by Gasteiger charge is -2.37. The highest BCUT2D eigenvalue weighted by Crippen LogP contribution is 2.30. The van der Waals surface area contributed by atoms with Crippen molar-refractivity contribution in [2.24, 2.45) is 0 Å². The predicted molar refractivity (Wildman–Crippen MR) is 54.6 cm³/mol. The van der Waals surface area contributed by atoms with Crippen LogP contribution in [0.3, 0.4) is 0 Å². The van der Waals surface area contributed by atoms with E-state index < -0.39 is 17.9 Å². The molecule has 0 bridgehead atoms. The Kier molecular flexibility index (Phi) is 3.20. The highest BCUT2D eigenvalue weighted by Gasteiger charge is 2.41. The van der Waals surface area contributed by atoms with E-state index in [9.17, 15) is 13.2 Å². The molecule has 1 fully saturated rings. The van der Waals surface area contributed by atoms with E-state index >= 15 is 0 Å². The third kappa shape index (κ3) is 2.38. The van der Waals surface area contributed by atoms with E-state index in [1.807, 2.05) is 0 Å². The first-order valence-corrected chi connectivity index (χ1v) is 5.24. The summed E-state index contributed by atoms with van der Waals surface area (Å²) in [6.45, 7) is 2.71. The summed E-state index contributed by atoms with van der Waals surface area (Å²) < 4.78 is 38.3. The van der Waals surface area contributed by atoms with Crippen LogP contribution in [-0.4, -0.2) is 43.4 Å². The Bertz CT molecular complexity index is 303. The van der Waals surface area contributed by atoms with Crippen LogP contribution in [0.1, 0.15) is 0 Å². The van der Waals surface area contributed by atoms with E-state index in [1.165, 1.54) is 6.08 Å². The van der Waals surface area contributed by atoms with Crippen LogP contribution in [0.4, 0.5) is 13.2 Å². The standard InChI is InChI=1S/C10H14F3N3/c11-10(12,13)8-2-1-3-15-9(8)16-6-4-14-5-7-16/h1-3,9,14-15H,4-7H2. The van der Waals surface area contributed by atoms with Crippen LogP contribution in [0.15, 0.2) is 23.9 Å². The maximum atomic E-state index is 12.8. The van der Waals surface area contributed by atoms with Gasteiger partial charge in [0.2, 0.25) is 0 Å². The van der Waals surface area contributed by atoms with Crippen LogP contribution < -0.4 is 10.6 Å². The number of piperazine rings is 1. The number of nitrogens with one attached hydrogen (secondary N) is 2. The van der Waals surface area contributed by atoms with Gasteiger partial charge in [-0.2, -0.15) is 13.2 Å². The molecule has 1 saturated heterocycles. The van der Waals surface area contributed by atoms with Crippen LogP contribution >= 0.6 is 0 Å². The molecule has 2 aliphatic heterocycles. The van der Waals surface area contributed by atoms with Gasteiger partial charge >= 0.3 is 6.18 Å². The lowest BCUT2D eigenvalue weighted by molar-refractivity contribution is -0.103.